The number of carboxylic acid groups (broad SMARTS) is 1. The van der Waals surface area contributed by atoms with Gasteiger partial charge in [0.25, 0.3) is 0 Å². The number of amides is 2. The molecule has 0 aromatic heterocycles. The molecule has 0 aromatic carbocycles. The van der Waals surface area contributed by atoms with Gasteiger partial charge in [0.05, 0.1) is 6.10 Å². The summed E-state index contributed by atoms with van der Waals surface area (Å²) in [6.07, 6.45) is 0.229. The fraction of sp³-hybridized carbons (Fsp3) is 0.818. The number of likely N-dealkylation sites (tertiary alicyclic amines) is 2. The first-order valence-electron chi connectivity index (χ1n) is 6.14. The minimum absolute atomic E-state index is 0.0645. The van der Waals surface area contributed by atoms with Gasteiger partial charge in [0, 0.05) is 25.6 Å². The number of aliphatic carboxylic acids is 1. The zero-order valence-corrected chi connectivity index (χ0v) is 10.4. The standard InChI is InChI=1S/C11H19N3O4/c1-13-3-2-7(5-13)12-11(18)14-6-8(15)4-9(14)10(16)17/h7-9,15H,2-6H2,1H3,(H,12,18)(H,16,17)/t7?,8-,9-/m0/s1. The molecule has 3 atom stereocenters. The van der Waals surface area contributed by atoms with Crippen molar-refractivity contribution in [3.8, 4) is 0 Å². The fourth-order valence-corrected chi connectivity index (χ4v) is 2.58. The number of likely N-dealkylation sites (N-methyl/N-ethyl adjacent to an activating group) is 1. The van der Waals surface area contributed by atoms with Crippen LogP contribution in [0, 0.1) is 0 Å². The van der Waals surface area contributed by atoms with Gasteiger partial charge in [0.1, 0.15) is 6.04 Å². The van der Waals surface area contributed by atoms with Crippen LogP contribution < -0.4 is 5.32 Å². The summed E-state index contributed by atoms with van der Waals surface area (Å²) in [4.78, 5) is 26.3. The van der Waals surface area contributed by atoms with E-state index in [1.165, 1.54) is 4.90 Å². The van der Waals surface area contributed by atoms with E-state index in [9.17, 15) is 14.7 Å². The topological polar surface area (TPSA) is 93.1 Å². The van der Waals surface area contributed by atoms with Crippen molar-refractivity contribution in [2.24, 2.45) is 0 Å². The zero-order valence-electron chi connectivity index (χ0n) is 10.4. The van der Waals surface area contributed by atoms with E-state index < -0.39 is 18.1 Å². The average Bonchev–Trinajstić information content (AvgIpc) is 2.85. The van der Waals surface area contributed by atoms with Gasteiger partial charge in [-0.2, -0.15) is 0 Å². The normalized spacial score (nSPS) is 32.8. The van der Waals surface area contributed by atoms with E-state index in [4.69, 9.17) is 5.11 Å². The Kier molecular flexibility index (Phi) is 3.72. The lowest BCUT2D eigenvalue weighted by Gasteiger charge is -2.23. The van der Waals surface area contributed by atoms with Crippen LogP contribution in [0.3, 0.4) is 0 Å². The van der Waals surface area contributed by atoms with Gasteiger partial charge in [-0.05, 0) is 20.0 Å². The van der Waals surface area contributed by atoms with Crippen LogP contribution in [0.2, 0.25) is 0 Å². The molecule has 102 valence electrons. The van der Waals surface area contributed by atoms with Gasteiger partial charge in [0.15, 0.2) is 0 Å². The lowest BCUT2D eigenvalue weighted by Crippen LogP contribution is -2.49. The number of nitrogens with zero attached hydrogens (tertiary/aromatic N) is 2. The highest BCUT2D eigenvalue weighted by molar-refractivity contribution is 5.83. The first-order chi connectivity index (χ1) is 8.47. The largest absolute Gasteiger partial charge is 0.480 e. The molecule has 0 spiro atoms. The zero-order chi connectivity index (χ0) is 13.3. The summed E-state index contributed by atoms with van der Waals surface area (Å²) in [5.41, 5.74) is 0. The molecule has 18 heavy (non-hydrogen) atoms. The van der Waals surface area contributed by atoms with Gasteiger partial charge in [-0.25, -0.2) is 9.59 Å². The van der Waals surface area contributed by atoms with Crippen LogP contribution in [0.4, 0.5) is 4.79 Å². The third-order valence-electron chi connectivity index (χ3n) is 3.54. The minimum Gasteiger partial charge on any atom is -0.480 e. The third kappa shape index (κ3) is 2.73. The molecule has 2 heterocycles. The number of β-amino-alcohol motifs (C(OH)–C–C–N with tert-alkyl or cyclic N) is 1. The Labute approximate surface area is 105 Å². The average molecular weight is 257 g/mol. The first-order valence-corrected chi connectivity index (χ1v) is 6.14. The molecule has 2 saturated heterocycles. The van der Waals surface area contributed by atoms with Crippen LogP contribution in [0.1, 0.15) is 12.8 Å². The number of hydrogen-bond donors (Lipinski definition) is 3. The highest BCUT2D eigenvalue weighted by atomic mass is 16.4. The molecule has 1 unspecified atom stereocenters. The number of carbonyl (C=O) groups is 2. The Morgan fingerprint density at radius 2 is 2.06 bits per heavy atom. The van der Waals surface area contributed by atoms with E-state index in [-0.39, 0.29) is 25.0 Å². The lowest BCUT2D eigenvalue weighted by molar-refractivity contribution is -0.141. The molecule has 2 rings (SSSR count). The fourth-order valence-electron chi connectivity index (χ4n) is 2.58. The van der Waals surface area contributed by atoms with Gasteiger partial charge in [0.2, 0.25) is 0 Å². The summed E-state index contributed by atoms with van der Waals surface area (Å²) >= 11 is 0. The predicted molar refractivity (Wildman–Crippen MR) is 63.2 cm³/mol. The lowest BCUT2D eigenvalue weighted by atomic mass is 10.2. The molecule has 7 nitrogen and oxygen atoms in total. The number of aliphatic hydroxyl groups excluding tert-OH is 1. The summed E-state index contributed by atoms with van der Waals surface area (Å²) in [5, 5.41) is 21.3. The molecular weight excluding hydrogens is 238 g/mol. The molecule has 2 fully saturated rings. The molecule has 0 radical (unpaired) electrons. The quantitative estimate of drug-likeness (QED) is 0.585. The van der Waals surface area contributed by atoms with Gasteiger partial charge < -0.3 is 25.3 Å². The van der Waals surface area contributed by atoms with Crippen molar-refractivity contribution in [1.82, 2.24) is 15.1 Å². The summed E-state index contributed by atoms with van der Waals surface area (Å²) in [6.45, 7) is 1.79. The Bertz CT molecular complexity index is 349. The maximum Gasteiger partial charge on any atom is 0.326 e. The van der Waals surface area contributed by atoms with Crippen LogP contribution in [0.25, 0.3) is 0 Å². The number of hydrogen-bond acceptors (Lipinski definition) is 4. The third-order valence-corrected chi connectivity index (χ3v) is 3.54. The van der Waals surface area contributed by atoms with Crippen molar-refractivity contribution in [3.63, 3.8) is 0 Å². The van der Waals surface area contributed by atoms with Crippen LogP contribution in [-0.4, -0.2) is 76.9 Å². The van der Waals surface area contributed by atoms with Crippen LogP contribution in [-0.2, 0) is 4.79 Å². The van der Waals surface area contributed by atoms with Crippen molar-refractivity contribution in [1.29, 1.82) is 0 Å². The highest BCUT2D eigenvalue weighted by Gasteiger charge is 2.39. The van der Waals surface area contributed by atoms with Crippen molar-refractivity contribution < 1.29 is 19.8 Å². The van der Waals surface area contributed by atoms with Gasteiger partial charge in [-0.15, -0.1) is 0 Å². The SMILES string of the molecule is CN1CCC(NC(=O)N2C[C@@H](O)C[C@H]2C(=O)O)C1. The van der Waals surface area contributed by atoms with Crippen molar-refractivity contribution in [2.75, 3.05) is 26.7 Å². The summed E-state index contributed by atoms with van der Waals surface area (Å²) in [6, 6.07) is -1.24. The van der Waals surface area contributed by atoms with Crippen LogP contribution in [0.5, 0.6) is 0 Å². The summed E-state index contributed by atoms with van der Waals surface area (Å²) in [5.74, 6) is -1.06. The second kappa shape index (κ2) is 5.11. The molecule has 0 aromatic rings. The van der Waals surface area contributed by atoms with E-state index in [2.05, 4.69) is 10.2 Å². The van der Waals surface area contributed by atoms with Gasteiger partial charge in [-0.1, -0.05) is 0 Å². The molecule has 2 amide bonds. The highest BCUT2D eigenvalue weighted by Crippen LogP contribution is 2.18. The Morgan fingerprint density at radius 1 is 1.33 bits per heavy atom. The number of carboxylic acids is 1. The molecule has 0 bridgehead atoms. The minimum atomic E-state index is -1.06. The van der Waals surface area contributed by atoms with E-state index in [1.54, 1.807) is 0 Å². The molecule has 2 aliphatic rings. The number of urea groups is 1. The molecule has 0 saturated carbocycles. The van der Waals surface area contributed by atoms with Crippen molar-refractivity contribution >= 4 is 12.0 Å². The molecule has 0 aliphatic carbocycles. The Balaban J connectivity index is 1.93. The monoisotopic (exact) mass is 257 g/mol. The van der Waals surface area contributed by atoms with Crippen LogP contribution >= 0.6 is 0 Å². The number of carbonyl (C=O) groups excluding carboxylic acids is 1. The van der Waals surface area contributed by atoms with Crippen molar-refractivity contribution in [3.05, 3.63) is 0 Å². The summed E-state index contributed by atoms with van der Waals surface area (Å²) in [7, 11) is 1.98. The molecular formula is C11H19N3O4. The van der Waals surface area contributed by atoms with E-state index in [1.807, 2.05) is 7.05 Å². The second-order valence-corrected chi connectivity index (χ2v) is 5.09. The second-order valence-electron chi connectivity index (χ2n) is 5.09. The maximum atomic E-state index is 12.0. The Morgan fingerprint density at radius 3 is 2.61 bits per heavy atom. The smallest absolute Gasteiger partial charge is 0.326 e. The maximum absolute atomic E-state index is 12.0. The number of nitrogens with one attached hydrogen (secondary N) is 1. The molecule has 2 aliphatic heterocycles. The predicted octanol–water partition coefficient (Wildman–Crippen LogP) is -1.08. The van der Waals surface area contributed by atoms with Gasteiger partial charge >= 0.3 is 12.0 Å². The van der Waals surface area contributed by atoms with Crippen molar-refractivity contribution in [2.45, 2.75) is 31.0 Å². The number of aliphatic hydroxyl groups is 1. The summed E-state index contributed by atoms with van der Waals surface area (Å²) < 4.78 is 0. The van der Waals surface area contributed by atoms with E-state index in [0.29, 0.717) is 0 Å². The van der Waals surface area contributed by atoms with Crippen LogP contribution in [0.15, 0.2) is 0 Å². The number of rotatable bonds is 2. The molecule has 7 heteroatoms. The molecule has 3 N–H and O–H groups in total. The van der Waals surface area contributed by atoms with E-state index in [0.717, 1.165) is 19.5 Å². The Hall–Kier alpha value is -1.34. The first kappa shape index (κ1) is 13.1. The van der Waals surface area contributed by atoms with Gasteiger partial charge in [-0.3, -0.25) is 0 Å². The van der Waals surface area contributed by atoms with E-state index >= 15 is 0 Å².